The normalized spacial score (nSPS) is 10.2. The smallest absolute Gasteiger partial charge is 0.311 e. The standard InChI is InChI=1S/C12H16ClNO3/c1-2-10-5-6-12(11(9-10)14(15)16)17-8-4-3-7-13/h5-6,9H,2-4,7-8H2,1H3. The zero-order valence-electron chi connectivity index (χ0n) is 9.82. The molecule has 0 unspecified atom stereocenters. The zero-order chi connectivity index (χ0) is 12.7. The number of aryl methyl sites for hydroxylation is 1. The summed E-state index contributed by atoms with van der Waals surface area (Å²) in [6.07, 6.45) is 2.42. The van der Waals surface area contributed by atoms with E-state index in [1.807, 2.05) is 13.0 Å². The summed E-state index contributed by atoms with van der Waals surface area (Å²) in [4.78, 5) is 10.5. The Kier molecular flexibility index (Phi) is 5.77. The minimum Gasteiger partial charge on any atom is -0.487 e. The van der Waals surface area contributed by atoms with Crippen LogP contribution >= 0.6 is 11.6 Å². The van der Waals surface area contributed by atoms with Crippen molar-refractivity contribution in [1.29, 1.82) is 0 Å². The first-order valence-electron chi connectivity index (χ1n) is 5.65. The Bertz CT molecular complexity index is 382. The molecule has 0 aromatic heterocycles. The maximum atomic E-state index is 10.9. The molecule has 4 nitrogen and oxygen atoms in total. The average molecular weight is 258 g/mol. The molecule has 5 heteroatoms. The highest BCUT2D eigenvalue weighted by Crippen LogP contribution is 2.28. The molecule has 0 N–H and O–H groups in total. The SMILES string of the molecule is CCc1ccc(OCCCCCl)c([N+](=O)[O-])c1. The lowest BCUT2D eigenvalue weighted by Crippen LogP contribution is -2.01. The van der Waals surface area contributed by atoms with Gasteiger partial charge in [-0.25, -0.2) is 0 Å². The molecule has 0 saturated heterocycles. The summed E-state index contributed by atoms with van der Waals surface area (Å²) < 4.78 is 5.40. The van der Waals surface area contributed by atoms with E-state index in [1.54, 1.807) is 12.1 Å². The van der Waals surface area contributed by atoms with E-state index in [-0.39, 0.29) is 5.69 Å². The molecule has 0 bridgehead atoms. The summed E-state index contributed by atoms with van der Waals surface area (Å²) in [5, 5.41) is 10.9. The Labute approximate surface area is 106 Å². The second-order valence-corrected chi connectivity index (χ2v) is 4.04. The van der Waals surface area contributed by atoms with Crippen LogP contribution in [0.15, 0.2) is 18.2 Å². The third kappa shape index (κ3) is 4.23. The summed E-state index contributed by atoms with van der Waals surface area (Å²) in [5.74, 6) is 0.919. The molecular weight excluding hydrogens is 242 g/mol. The maximum absolute atomic E-state index is 10.9. The first kappa shape index (κ1) is 13.8. The van der Waals surface area contributed by atoms with Crippen molar-refractivity contribution < 1.29 is 9.66 Å². The van der Waals surface area contributed by atoms with Crippen molar-refractivity contribution in [2.24, 2.45) is 0 Å². The molecule has 0 amide bonds. The molecule has 0 spiro atoms. The fraction of sp³-hybridized carbons (Fsp3) is 0.500. The lowest BCUT2D eigenvalue weighted by Gasteiger charge is -2.07. The number of alkyl halides is 1. The lowest BCUT2D eigenvalue weighted by atomic mass is 10.1. The Hall–Kier alpha value is -1.29. The van der Waals surface area contributed by atoms with Crippen LogP contribution in [0.3, 0.4) is 0 Å². The van der Waals surface area contributed by atoms with Gasteiger partial charge in [0, 0.05) is 11.9 Å². The molecule has 0 fully saturated rings. The molecule has 1 aromatic carbocycles. The van der Waals surface area contributed by atoms with Crippen molar-refractivity contribution in [3.63, 3.8) is 0 Å². The van der Waals surface area contributed by atoms with E-state index in [0.717, 1.165) is 24.8 Å². The molecule has 94 valence electrons. The van der Waals surface area contributed by atoms with Crippen LogP contribution in [0.4, 0.5) is 5.69 Å². The van der Waals surface area contributed by atoms with Crippen molar-refractivity contribution in [3.8, 4) is 5.75 Å². The average Bonchev–Trinajstić information content (AvgIpc) is 2.34. The summed E-state index contributed by atoms with van der Waals surface area (Å²) in [6.45, 7) is 2.42. The summed E-state index contributed by atoms with van der Waals surface area (Å²) in [6, 6.07) is 5.08. The number of ether oxygens (including phenoxy) is 1. The Morgan fingerprint density at radius 1 is 1.41 bits per heavy atom. The molecule has 17 heavy (non-hydrogen) atoms. The fourth-order valence-corrected chi connectivity index (χ4v) is 1.62. The van der Waals surface area contributed by atoms with Crippen LogP contribution in [0, 0.1) is 10.1 Å². The molecule has 0 aliphatic rings. The van der Waals surface area contributed by atoms with E-state index in [0.29, 0.717) is 18.2 Å². The molecular formula is C12H16ClNO3. The van der Waals surface area contributed by atoms with Gasteiger partial charge in [-0.2, -0.15) is 0 Å². The molecule has 0 aliphatic heterocycles. The van der Waals surface area contributed by atoms with Gasteiger partial charge >= 0.3 is 5.69 Å². The van der Waals surface area contributed by atoms with Gasteiger partial charge in [0.15, 0.2) is 5.75 Å². The van der Waals surface area contributed by atoms with Crippen molar-refractivity contribution in [2.75, 3.05) is 12.5 Å². The van der Waals surface area contributed by atoms with Crippen molar-refractivity contribution >= 4 is 17.3 Å². The molecule has 0 heterocycles. The number of halogens is 1. The van der Waals surface area contributed by atoms with Crippen molar-refractivity contribution in [1.82, 2.24) is 0 Å². The van der Waals surface area contributed by atoms with Gasteiger partial charge in [-0.05, 0) is 30.9 Å². The number of nitro benzene ring substituents is 1. The van der Waals surface area contributed by atoms with E-state index < -0.39 is 4.92 Å². The van der Waals surface area contributed by atoms with Gasteiger partial charge in [-0.15, -0.1) is 11.6 Å². The number of unbranched alkanes of at least 4 members (excludes halogenated alkanes) is 1. The highest BCUT2D eigenvalue weighted by atomic mass is 35.5. The molecule has 1 rings (SSSR count). The number of hydrogen-bond acceptors (Lipinski definition) is 3. The summed E-state index contributed by atoms with van der Waals surface area (Å²) >= 11 is 5.54. The van der Waals surface area contributed by atoms with Crippen LogP contribution < -0.4 is 4.74 Å². The van der Waals surface area contributed by atoms with Gasteiger partial charge in [-0.3, -0.25) is 10.1 Å². The van der Waals surface area contributed by atoms with Gasteiger partial charge in [0.25, 0.3) is 0 Å². The van der Waals surface area contributed by atoms with Gasteiger partial charge < -0.3 is 4.74 Å². The van der Waals surface area contributed by atoms with Crippen LogP contribution in [0.2, 0.25) is 0 Å². The lowest BCUT2D eigenvalue weighted by molar-refractivity contribution is -0.385. The summed E-state index contributed by atoms with van der Waals surface area (Å²) in [5.41, 5.74) is 0.972. The number of benzene rings is 1. The van der Waals surface area contributed by atoms with Crippen LogP contribution in [0.1, 0.15) is 25.3 Å². The molecule has 0 atom stereocenters. The monoisotopic (exact) mass is 257 g/mol. The molecule has 0 aliphatic carbocycles. The summed E-state index contributed by atoms with van der Waals surface area (Å²) in [7, 11) is 0. The minimum atomic E-state index is -0.407. The number of nitro groups is 1. The minimum absolute atomic E-state index is 0.0372. The van der Waals surface area contributed by atoms with E-state index in [1.165, 1.54) is 0 Å². The maximum Gasteiger partial charge on any atom is 0.311 e. The second kappa shape index (κ2) is 7.12. The highest BCUT2D eigenvalue weighted by molar-refractivity contribution is 6.17. The first-order valence-corrected chi connectivity index (χ1v) is 6.18. The third-order valence-electron chi connectivity index (χ3n) is 2.41. The van der Waals surface area contributed by atoms with Gasteiger partial charge in [0.2, 0.25) is 0 Å². The van der Waals surface area contributed by atoms with Gasteiger partial charge in [0.1, 0.15) is 0 Å². The van der Waals surface area contributed by atoms with E-state index in [9.17, 15) is 10.1 Å². The van der Waals surface area contributed by atoms with Crippen LogP contribution in [-0.4, -0.2) is 17.4 Å². The van der Waals surface area contributed by atoms with Gasteiger partial charge in [-0.1, -0.05) is 13.0 Å². The molecule has 1 aromatic rings. The topological polar surface area (TPSA) is 52.4 Å². The first-order chi connectivity index (χ1) is 8.19. The van der Waals surface area contributed by atoms with Crippen molar-refractivity contribution in [2.45, 2.75) is 26.2 Å². The zero-order valence-corrected chi connectivity index (χ0v) is 10.6. The quantitative estimate of drug-likeness (QED) is 0.325. The third-order valence-corrected chi connectivity index (χ3v) is 2.68. The van der Waals surface area contributed by atoms with E-state index in [2.05, 4.69) is 0 Å². The van der Waals surface area contributed by atoms with Gasteiger partial charge in [0.05, 0.1) is 11.5 Å². The molecule has 0 radical (unpaired) electrons. The van der Waals surface area contributed by atoms with Crippen LogP contribution in [0.25, 0.3) is 0 Å². The molecule has 0 saturated carbocycles. The Morgan fingerprint density at radius 3 is 2.76 bits per heavy atom. The predicted molar refractivity (Wildman–Crippen MR) is 67.9 cm³/mol. The highest BCUT2D eigenvalue weighted by Gasteiger charge is 2.15. The largest absolute Gasteiger partial charge is 0.487 e. The van der Waals surface area contributed by atoms with Crippen molar-refractivity contribution in [3.05, 3.63) is 33.9 Å². The second-order valence-electron chi connectivity index (χ2n) is 3.66. The van der Waals surface area contributed by atoms with Crippen LogP contribution in [-0.2, 0) is 6.42 Å². The number of nitrogens with zero attached hydrogens (tertiary/aromatic N) is 1. The Morgan fingerprint density at radius 2 is 2.18 bits per heavy atom. The predicted octanol–water partition coefficient (Wildman–Crippen LogP) is 3.56. The van der Waals surface area contributed by atoms with E-state index in [4.69, 9.17) is 16.3 Å². The number of hydrogen-bond donors (Lipinski definition) is 0. The fourth-order valence-electron chi connectivity index (χ4n) is 1.43. The Balaban J connectivity index is 2.73. The van der Waals surface area contributed by atoms with Crippen LogP contribution in [0.5, 0.6) is 5.75 Å². The van der Waals surface area contributed by atoms with E-state index >= 15 is 0 Å². The number of rotatable bonds is 7.